The number of ether oxygens (including phenoxy) is 1. The number of carbonyl (C=O) groups excluding carboxylic acids is 1. The van der Waals surface area contributed by atoms with Gasteiger partial charge in [-0.2, -0.15) is 0 Å². The highest BCUT2D eigenvalue weighted by molar-refractivity contribution is 5.80. The van der Waals surface area contributed by atoms with Crippen molar-refractivity contribution in [3.05, 3.63) is 0 Å². The summed E-state index contributed by atoms with van der Waals surface area (Å²) in [4.78, 5) is 12.6. The van der Waals surface area contributed by atoms with Crippen molar-refractivity contribution in [1.29, 1.82) is 0 Å². The van der Waals surface area contributed by atoms with Gasteiger partial charge in [-0.25, -0.2) is 4.39 Å². The molecule has 0 aromatic rings. The molecule has 1 rings (SSSR count). The lowest BCUT2D eigenvalue weighted by atomic mass is 10.1. The minimum atomic E-state index is -1.45. The molecule has 0 bridgehead atoms. The predicted molar refractivity (Wildman–Crippen MR) is 50.0 cm³/mol. The SMILES string of the molecule is CO[C@H]1CCN(C(=O)[C@@H](O)CO)C[C@H]1F. The van der Waals surface area contributed by atoms with E-state index in [1.807, 2.05) is 0 Å². The Bertz CT molecular complexity index is 226. The Hall–Kier alpha value is -0.720. The summed E-state index contributed by atoms with van der Waals surface area (Å²) in [6.07, 6.45) is -2.77. The maximum absolute atomic E-state index is 13.4. The van der Waals surface area contributed by atoms with Gasteiger partial charge in [-0.3, -0.25) is 4.79 Å². The number of piperidine rings is 1. The largest absolute Gasteiger partial charge is 0.393 e. The molecule has 5 nitrogen and oxygen atoms in total. The van der Waals surface area contributed by atoms with Crippen molar-refractivity contribution < 1.29 is 24.1 Å². The first-order valence-corrected chi connectivity index (χ1v) is 4.84. The van der Waals surface area contributed by atoms with Crippen molar-refractivity contribution >= 4 is 5.91 Å². The Labute approximate surface area is 87.4 Å². The quantitative estimate of drug-likeness (QED) is 0.636. The number of methoxy groups -OCH3 is 1. The van der Waals surface area contributed by atoms with E-state index in [0.717, 1.165) is 0 Å². The van der Waals surface area contributed by atoms with Crippen molar-refractivity contribution in [2.75, 3.05) is 26.8 Å². The van der Waals surface area contributed by atoms with Crippen LogP contribution in [0.4, 0.5) is 4.39 Å². The standard InChI is InChI=1S/C9H16FNO4/c1-15-8-2-3-11(4-6(8)10)9(14)7(13)5-12/h6-8,12-13H,2-5H2,1H3/t6-,7+,8+/m1/s1. The highest BCUT2D eigenvalue weighted by atomic mass is 19.1. The van der Waals surface area contributed by atoms with Gasteiger partial charge in [0.1, 0.15) is 6.17 Å². The normalized spacial score (nSPS) is 28.9. The fourth-order valence-electron chi connectivity index (χ4n) is 1.64. The van der Waals surface area contributed by atoms with Gasteiger partial charge in [0, 0.05) is 13.7 Å². The monoisotopic (exact) mass is 221 g/mol. The summed E-state index contributed by atoms with van der Waals surface area (Å²) in [5.74, 6) is -0.630. The number of hydrogen-bond acceptors (Lipinski definition) is 4. The van der Waals surface area contributed by atoms with Crippen molar-refractivity contribution in [1.82, 2.24) is 4.90 Å². The number of likely N-dealkylation sites (tertiary alicyclic amines) is 1. The molecule has 0 unspecified atom stereocenters. The molecule has 15 heavy (non-hydrogen) atoms. The molecular formula is C9H16FNO4. The Morgan fingerprint density at radius 2 is 2.40 bits per heavy atom. The highest BCUT2D eigenvalue weighted by Crippen LogP contribution is 2.17. The number of aliphatic hydroxyl groups is 2. The molecule has 1 heterocycles. The number of alkyl halides is 1. The second-order valence-electron chi connectivity index (χ2n) is 3.56. The maximum atomic E-state index is 13.4. The van der Waals surface area contributed by atoms with E-state index in [4.69, 9.17) is 14.9 Å². The van der Waals surface area contributed by atoms with Crippen LogP contribution >= 0.6 is 0 Å². The van der Waals surface area contributed by atoms with E-state index < -0.39 is 30.9 Å². The number of aliphatic hydroxyl groups excluding tert-OH is 2. The molecule has 1 aliphatic rings. The van der Waals surface area contributed by atoms with Crippen molar-refractivity contribution in [3.8, 4) is 0 Å². The summed E-state index contributed by atoms with van der Waals surface area (Å²) >= 11 is 0. The van der Waals surface area contributed by atoms with E-state index in [1.54, 1.807) is 0 Å². The zero-order valence-electron chi connectivity index (χ0n) is 8.60. The van der Waals surface area contributed by atoms with Crippen LogP contribution in [0.25, 0.3) is 0 Å². The summed E-state index contributed by atoms with van der Waals surface area (Å²) in [5.41, 5.74) is 0. The van der Waals surface area contributed by atoms with Gasteiger partial charge in [0.25, 0.3) is 5.91 Å². The van der Waals surface area contributed by atoms with E-state index in [-0.39, 0.29) is 6.54 Å². The van der Waals surface area contributed by atoms with Crippen molar-refractivity contribution in [2.45, 2.75) is 24.8 Å². The zero-order valence-corrected chi connectivity index (χ0v) is 8.60. The Morgan fingerprint density at radius 1 is 1.73 bits per heavy atom. The molecule has 3 atom stereocenters. The summed E-state index contributed by atoms with van der Waals surface area (Å²) in [7, 11) is 1.43. The number of halogens is 1. The lowest BCUT2D eigenvalue weighted by Crippen LogP contribution is -2.51. The fourth-order valence-corrected chi connectivity index (χ4v) is 1.64. The highest BCUT2D eigenvalue weighted by Gasteiger charge is 2.33. The maximum Gasteiger partial charge on any atom is 0.253 e. The van der Waals surface area contributed by atoms with Crippen LogP contribution in [0.3, 0.4) is 0 Å². The Balaban J connectivity index is 2.50. The number of amides is 1. The number of nitrogens with zero attached hydrogens (tertiary/aromatic N) is 1. The summed E-state index contributed by atoms with van der Waals surface area (Å²) in [5, 5.41) is 17.7. The summed E-state index contributed by atoms with van der Waals surface area (Å²) in [6, 6.07) is 0. The lowest BCUT2D eigenvalue weighted by molar-refractivity contribution is -0.147. The second-order valence-corrected chi connectivity index (χ2v) is 3.56. The fraction of sp³-hybridized carbons (Fsp3) is 0.889. The van der Waals surface area contributed by atoms with Crippen LogP contribution in [0.15, 0.2) is 0 Å². The number of rotatable bonds is 3. The third kappa shape index (κ3) is 2.87. The topological polar surface area (TPSA) is 70.0 Å². The lowest BCUT2D eigenvalue weighted by Gasteiger charge is -2.34. The Morgan fingerprint density at radius 3 is 2.87 bits per heavy atom. The van der Waals surface area contributed by atoms with Gasteiger partial charge in [-0.1, -0.05) is 0 Å². The van der Waals surface area contributed by atoms with Crippen LogP contribution < -0.4 is 0 Å². The van der Waals surface area contributed by atoms with E-state index in [2.05, 4.69) is 0 Å². The Kier molecular flexibility index (Phi) is 4.44. The molecule has 2 N–H and O–H groups in total. The van der Waals surface area contributed by atoms with Gasteiger partial charge < -0.3 is 19.8 Å². The van der Waals surface area contributed by atoms with E-state index in [9.17, 15) is 9.18 Å². The van der Waals surface area contributed by atoms with Gasteiger partial charge in [-0.15, -0.1) is 0 Å². The van der Waals surface area contributed by atoms with Crippen LogP contribution in [-0.2, 0) is 9.53 Å². The third-order valence-electron chi connectivity index (χ3n) is 2.55. The predicted octanol–water partition coefficient (Wildman–Crippen LogP) is -1.08. The molecule has 0 saturated carbocycles. The van der Waals surface area contributed by atoms with E-state index in [1.165, 1.54) is 12.0 Å². The molecule has 0 aromatic carbocycles. The molecule has 1 saturated heterocycles. The summed E-state index contributed by atoms with van der Waals surface area (Å²) in [6.45, 7) is -0.386. The number of hydrogen-bond donors (Lipinski definition) is 2. The van der Waals surface area contributed by atoms with E-state index in [0.29, 0.717) is 13.0 Å². The molecule has 0 aliphatic carbocycles. The van der Waals surface area contributed by atoms with Gasteiger partial charge in [0.2, 0.25) is 0 Å². The molecule has 1 aliphatic heterocycles. The molecular weight excluding hydrogens is 205 g/mol. The average molecular weight is 221 g/mol. The van der Waals surface area contributed by atoms with Crippen molar-refractivity contribution in [3.63, 3.8) is 0 Å². The smallest absolute Gasteiger partial charge is 0.253 e. The average Bonchev–Trinajstić information content (AvgIpc) is 2.26. The van der Waals surface area contributed by atoms with Crippen molar-refractivity contribution in [2.24, 2.45) is 0 Å². The molecule has 0 radical (unpaired) electrons. The van der Waals surface area contributed by atoms with Gasteiger partial charge in [0.05, 0.1) is 19.3 Å². The molecule has 6 heteroatoms. The van der Waals surface area contributed by atoms with Gasteiger partial charge >= 0.3 is 0 Å². The minimum absolute atomic E-state index is 0.0889. The molecule has 0 spiro atoms. The van der Waals surface area contributed by atoms with Crippen LogP contribution in [0.5, 0.6) is 0 Å². The number of carbonyl (C=O) groups is 1. The minimum Gasteiger partial charge on any atom is -0.393 e. The first-order chi connectivity index (χ1) is 7.10. The second kappa shape index (κ2) is 5.39. The van der Waals surface area contributed by atoms with Gasteiger partial charge in [0.15, 0.2) is 6.10 Å². The molecule has 88 valence electrons. The zero-order chi connectivity index (χ0) is 11.4. The first-order valence-electron chi connectivity index (χ1n) is 4.84. The van der Waals surface area contributed by atoms with Crippen LogP contribution in [0.2, 0.25) is 0 Å². The van der Waals surface area contributed by atoms with Crippen LogP contribution in [0, 0.1) is 0 Å². The van der Waals surface area contributed by atoms with Crippen LogP contribution in [-0.4, -0.2) is 66.2 Å². The summed E-state index contributed by atoms with van der Waals surface area (Å²) < 4.78 is 18.3. The molecule has 1 amide bonds. The first kappa shape index (κ1) is 12.4. The third-order valence-corrected chi connectivity index (χ3v) is 2.55. The van der Waals surface area contributed by atoms with Gasteiger partial charge in [-0.05, 0) is 6.42 Å². The van der Waals surface area contributed by atoms with E-state index >= 15 is 0 Å². The molecule has 0 aromatic heterocycles. The molecule has 1 fully saturated rings. The van der Waals surface area contributed by atoms with Crippen LogP contribution in [0.1, 0.15) is 6.42 Å².